The van der Waals surface area contributed by atoms with Crippen LogP contribution in [0.15, 0.2) is 24.3 Å². The van der Waals surface area contributed by atoms with E-state index >= 15 is 0 Å². The third-order valence-electron chi connectivity index (χ3n) is 5.20. The molecule has 0 radical (unpaired) electrons. The first kappa shape index (κ1) is 13.0. The van der Waals surface area contributed by atoms with Crippen molar-refractivity contribution in [2.75, 3.05) is 5.32 Å². The molecule has 0 aromatic heterocycles. The van der Waals surface area contributed by atoms with E-state index in [1.807, 2.05) is 0 Å². The summed E-state index contributed by atoms with van der Waals surface area (Å²) in [5, 5.41) is 3.75. The topological polar surface area (TPSA) is 12.0 Å². The van der Waals surface area contributed by atoms with Crippen LogP contribution in [0.1, 0.15) is 57.4 Å². The van der Waals surface area contributed by atoms with Gasteiger partial charge < -0.3 is 5.32 Å². The molecule has 0 amide bonds. The minimum absolute atomic E-state index is 0.717. The van der Waals surface area contributed by atoms with Gasteiger partial charge in [0.1, 0.15) is 0 Å². The van der Waals surface area contributed by atoms with Crippen molar-refractivity contribution in [3.63, 3.8) is 0 Å². The molecule has 0 saturated heterocycles. The van der Waals surface area contributed by atoms with Crippen LogP contribution in [0.5, 0.6) is 0 Å². The lowest BCUT2D eigenvalue weighted by Gasteiger charge is -2.30. The highest BCUT2D eigenvalue weighted by atomic mass is 14.9. The number of aryl methyl sites for hydroxylation is 1. The molecule has 0 spiro atoms. The summed E-state index contributed by atoms with van der Waals surface area (Å²) in [6, 6.07) is 9.53. The zero-order valence-electron chi connectivity index (χ0n) is 12.2. The van der Waals surface area contributed by atoms with Crippen molar-refractivity contribution in [2.45, 2.75) is 64.3 Å². The van der Waals surface area contributed by atoms with E-state index in [-0.39, 0.29) is 0 Å². The van der Waals surface area contributed by atoms with E-state index in [0.717, 1.165) is 11.8 Å². The molecule has 1 aromatic rings. The standard InChI is InChI=1S/C18H27N/c1-14-6-8-15(9-7-14)10-12-17-13-11-16-4-2-3-5-18(16)19-17/h2-5,14-15,17,19H,6-13H2,1H3. The molecule has 1 nitrogen and oxygen atoms in total. The van der Waals surface area contributed by atoms with Crippen LogP contribution in [0.4, 0.5) is 5.69 Å². The van der Waals surface area contributed by atoms with E-state index in [1.54, 1.807) is 0 Å². The van der Waals surface area contributed by atoms with Crippen LogP contribution < -0.4 is 5.32 Å². The molecule has 1 aliphatic heterocycles. The Labute approximate surface area is 117 Å². The van der Waals surface area contributed by atoms with Crippen molar-refractivity contribution in [3.8, 4) is 0 Å². The Morgan fingerprint density at radius 3 is 2.63 bits per heavy atom. The SMILES string of the molecule is CC1CCC(CCC2CCc3ccccc3N2)CC1. The van der Waals surface area contributed by atoms with Crippen LogP contribution in [0.2, 0.25) is 0 Å². The average molecular weight is 257 g/mol. The fourth-order valence-corrected chi connectivity index (χ4v) is 3.77. The van der Waals surface area contributed by atoms with E-state index in [4.69, 9.17) is 0 Å². The first-order valence-corrected chi connectivity index (χ1v) is 8.15. The lowest BCUT2D eigenvalue weighted by molar-refractivity contribution is 0.269. The minimum Gasteiger partial charge on any atom is -0.382 e. The summed E-state index contributed by atoms with van der Waals surface area (Å²) in [6.45, 7) is 2.41. The molecule has 1 aromatic carbocycles. The Kier molecular flexibility index (Phi) is 4.10. The molecule has 1 atom stereocenters. The van der Waals surface area contributed by atoms with Crippen molar-refractivity contribution < 1.29 is 0 Å². The zero-order valence-corrected chi connectivity index (χ0v) is 12.2. The Balaban J connectivity index is 1.47. The van der Waals surface area contributed by atoms with Gasteiger partial charge in [-0.1, -0.05) is 50.8 Å². The lowest BCUT2D eigenvalue weighted by Crippen LogP contribution is -2.26. The molecule has 3 rings (SSSR count). The van der Waals surface area contributed by atoms with Crippen molar-refractivity contribution in [3.05, 3.63) is 29.8 Å². The largest absolute Gasteiger partial charge is 0.382 e. The van der Waals surface area contributed by atoms with Crippen LogP contribution in [0.25, 0.3) is 0 Å². The van der Waals surface area contributed by atoms with Gasteiger partial charge in [0.05, 0.1) is 0 Å². The number of hydrogen-bond donors (Lipinski definition) is 1. The molecule has 1 aliphatic carbocycles. The number of nitrogens with one attached hydrogen (secondary N) is 1. The predicted molar refractivity (Wildman–Crippen MR) is 82.5 cm³/mol. The average Bonchev–Trinajstić information content (AvgIpc) is 2.46. The number of para-hydroxylation sites is 1. The maximum Gasteiger partial charge on any atom is 0.0374 e. The van der Waals surface area contributed by atoms with Crippen LogP contribution in [0, 0.1) is 11.8 Å². The summed E-state index contributed by atoms with van der Waals surface area (Å²) >= 11 is 0. The fourth-order valence-electron chi connectivity index (χ4n) is 3.77. The molecule has 1 unspecified atom stereocenters. The van der Waals surface area contributed by atoms with Gasteiger partial charge in [0.15, 0.2) is 0 Å². The number of anilines is 1. The van der Waals surface area contributed by atoms with Gasteiger partial charge >= 0.3 is 0 Å². The summed E-state index contributed by atoms with van der Waals surface area (Å²) in [5.41, 5.74) is 2.89. The molecule has 2 aliphatic rings. The highest BCUT2D eigenvalue weighted by molar-refractivity contribution is 5.53. The molecule has 1 saturated carbocycles. The Morgan fingerprint density at radius 2 is 1.79 bits per heavy atom. The number of fused-ring (bicyclic) bond motifs is 1. The summed E-state index contributed by atoms with van der Waals surface area (Å²) in [5.74, 6) is 1.99. The van der Waals surface area contributed by atoms with E-state index in [9.17, 15) is 0 Å². The Morgan fingerprint density at radius 1 is 1.00 bits per heavy atom. The third kappa shape index (κ3) is 3.32. The number of rotatable bonds is 3. The van der Waals surface area contributed by atoms with Crippen molar-refractivity contribution in [1.29, 1.82) is 0 Å². The first-order chi connectivity index (χ1) is 9.31. The van der Waals surface area contributed by atoms with Crippen molar-refractivity contribution >= 4 is 5.69 Å². The molecule has 1 heterocycles. The van der Waals surface area contributed by atoms with Gasteiger partial charge in [0.25, 0.3) is 0 Å². The molecule has 104 valence electrons. The second-order valence-electron chi connectivity index (χ2n) is 6.74. The molecular formula is C18H27N. The monoisotopic (exact) mass is 257 g/mol. The van der Waals surface area contributed by atoms with Crippen molar-refractivity contribution in [2.24, 2.45) is 11.8 Å². The van der Waals surface area contributed by atoms with Gasteiger partial charge in [-0.3, -0.25) is 0 Å². The van der Waals surface area contributed by atoms with Crippen molar-refractivity contribution in [1.82, 2.24) is 0 Å². The quantitative estimate of drug-likeness (QED) is 0.801. The van der Waals surface area contributed by atoms with Crippen LogP contribution in [0.3, 0.4) is 0 Å². The van der Waals surface area contributed by atoms with E-state index in [2.05, 4.69) is 36.5 Å². The molecule has 1 N–H and O–H groups in total. The van der Waals surface area contributed by atoms with E-state index in [0.29, 0.717) is 6.04 Å². The Bertz CT molecular complexity index is 404. The smallest absolute Gasteiger partial charge is 0.0374 e. The van der Waals surface area contributed by atoms with Crippen LogP contribution in [-0.2, 0) is 6.42 Å². The van der Waals surface area contributed by atoms with Gasteiger partial charge in [-0.25, -0.2) is 0 Å². The van der Waals surface area contributed by atoms with Crippen LogP contribution in [-0.4, -0.2) is 6.04 Å². The maximum atomic E-state index is 3.75. The second kappa shape index (κ2) is 5.98. The highest BCUT2D eigenvalue weighted by Crippen LogP contribution is 2.33. The minimum atomic E-state index is 0.717. The lowest BCUT2D eigenvalue weighted by atomic mass is 9.80. The van der Waals surface area contributed by atoms with Gasteiger partial charge in [-0.05, 0) is 49.1 Å². The van der Waals surface area contributed by atoms with Crippen LogP contribution >= 0.6 is 0 Å². The molecule has 1 heteroatoms. The number of benzene rings is 1. The predicted octanol–water partition coefficient (Wildman–Crippen LogP) is 5.02. The molecule has 19 heavy (non-hydrogen) atoms. The summed E-state index contributed by atoms with van der Waals surface area (Å²) in [4.78, 5) is 0. The highest BCUT2D eigenvalue weighted by Gasteiger charge is 2.21. The third-order valence-corrected chi connectivity index (χ3v) is 5.20. The van der Waals surface area contributed by atoms with Gasteiger partial charge in [0.2, 0.25) is 0 Å². The van der Waals surface area contributed by atoms with E-state index in [1.165, 1.54) is 62.6 Å². The van der Waals surface area contributed by atoms with Gasteiger partial charge in [-0.15, -0.1) is 0 Å². The molecular weight excluding hydrogens is 230 g/mol. The second-order valence-corrected chi connectivity index (χ2v) is 6.74. The molecule has 0 bridgehead atoms. The maximum absolute atomic E-state index is 3.75. The van der Waals surface area contributed by atoms with Gasteiger partial charge in [-0.2, -0.15) is 0 Å². The zero-order chi connectivity index (χ0) is 13.1. The Hall–Kier alpha value is -0.980. The number of hydrogen-bond acceptors (Lipinski definition) is 1. The van der Waals surface area contributed by atoms with E-state index < -0.39 is 0 Å². The van der Waals surface area contributed by atoms with Gasteiger partial charge in [0, 0.05) is 11.7 Å². The summed E-state index contributed by atoms with van der Waals surface area (Å²) in [7, 11) is 0. The summed E-state index contributed by atoms with van der Waals surface area (Å²) < 4.78 is 0. The molecule has 1 fully saturated rings. The fraction of sp³-hybridized carbons (Fsp3) is 0.667. The normalized spacial score (nSPS) is 30.5. The summed E-state index contributed by atoms with van der Waals surface area (Å²) in [6.07, 6.45) is 11.3. The first-order valence-electron chi connectivity index (χ1n) is 8.15.